The number of carbonyl (C=O) groups is 2. The van der Waals surface area contributed by atoms with Crippen LogP contribution >= 0.6 is 11.3 Å². The number of pyridine rings is 1. The van der Waals surface area contributed by atoms with Crippen LogP contribution in [0.5, 0.6) is 0 Å². The van der Waals surface area contributed by atoms with Gasteiger partial charge < -0.3 is 15.0 Å². The molecule has 2 heterocycles. The number of H-pyrrole nitrogens is 1. The fourth-order valence-electron chi connectivity index (χ4n) is 2.52. The van der Waals surface area contributed by atoms with Crippen LogP contribution < -0.4 is 10.9 Å². The fourth-order valence-corrected chi connectivity index (χ4v) is 3.16. The SMILES string of the molecule is Cc1[nH]c(=O)c(C#N)c(C)c1CCC(=O)OCC(=O)NCc1cccs1. The predicted molar refractivity (Wildman–Crippen MR) is 96.7 cm³/mol. The molecular weight excluding hydrogens is 354 g/mol. The van der Waals surface area contributed by atoms with Crippen molar-refractivity contribution in [2.24, 2.45) is 0 Å². The predicted octanol–water partition coefficient (Wildman–Crippen LogP) is 1.72. The molecule has 0 aliphatic carbocycles. The van der Waals surface area contributed by atoms with Crippen molar-refractivity contribution in [3.8, 4) is 6.07 Å². The Morgan fingerprint density at radius 1 is 1.38 bits per heavy atom. The molecule has 0 atom stereocenters. The smallest absolute Gasteiger partial charge is 0.306 e. The fraction of sp³-hybridized carbons (Fsp3) is 0.333. The topological polar surface area (TPSA) is 112 Å². The molecule has 0 unspecified atom stereocenters. The first-order valence-corrected chi connectivity index (χ1v) is 8.87. The second-order valence-electron chi connectivity index (χ2n) is 5.69. The number of aryl methyl sites for hydroxylation is 1. The number of hydrogen-bond acceptors (Lipinski definition) is 6. The molecule has 0 aliphatic heterocycles. The third-order valence-electron chi connectivity index (χ3n) is 3.90. The molecule has 0 saturated carbocycles. The van der Waals surface area contributed by atoms with Crippen LogP contribution in [-0.4, -0.2) is 23.5 Å². The van der Waals surface area contributed by atoms with E-state index in [1.54, 1.807) is 13.8 Å². The Kier molecular flexibility index (Phi) is 6.69. The zero-order valence-electron chi connectivity index (χ0n) is 14.5. The summed E-state index contributed by atoms with van der Waals surface area (Å²) < 4.78 is 4.97. The van der Waals surface area contributed by atoms with Crippen molar-refractivity contribution in [2.45, 2.75) is 33.2 Å². The van der Waals surface area contributed by atoms with Crippen LogP contribution in [0.15, 0.2) is 22.3 Å². The summed E-state index contributed by atoms with van der Waals surface area (Å²) in [6.07, 6.45) is 0.371. The first-order valence-electron chi connectivity index (χ1n) is 7.99. The van der Waals surface area contributed by atoms with Crippen LogP contribution in [0.4, 0.5) is 0 Å². The summed E-state index contributed by atoms with van der Waals surface area (Å²) in [6, 6.07) is 5.67. The van der Waals surface area contributed by atoms with E-state index in [4.69, 9.17) is 10.00 Å². The van der Waals surface area contributed by atoms with Gasteiger partial charge in [0.15, 0.2) is 6.61 Å². The lowest BCUT2D eigenvalue weighted by atomic mass is 9.99. The maximum Gasteiger partial charge on any atom is 0.306 e. The van der Waals surface area contributed by atoms with Crippen molar-refractivity contribution in [3.63, 3.8) is 0 Å². The van der Waals surface area contributed by atoms with Crippen LogP contribution in [0.3, 0.4) is 0 Å². The Balaban J connectivity index is 1.83. The van der Waals surface area contributed by atoms with Crippen molar-refractivity contribution in [1.82, 2.24) is 10.3 Å². The van der Waals surface area contributed by atoms with E-state index < -0.39 is 11.5 Å². The zero-order chi connectivity index (χ0) is 19.1. The number of nitriles is 1. The lowest BCUT2D eigenvalue weighted by molar-refractivity contribution is -0.148. The molecule has 7 nitrogen and oxygen atoms in total. The summed E-state index contributed by atoms with van der Waals surface area (Å²) in [6.45, 7) is 3.46. The number of thiophene rings is 1. The van der Waals surface area contributed by atoms with E-state index in [2.05, 4.69) is 10.3 Å². The first-order chi connectivity index (χ1) is 12.4. The number of nitrogens with zero attached hydrogens (tertiary/aromatic N) is 1. The Hall–Kier alpha value is -2.92. The van der Waals surface area contributed by atoms with E-state index in [0.29, 0.717) is 24.2 Å². The van der Waals surface area contributed by atoms with E-state index in [1.165, 1.54) is 11.3 Å². The summed E-state index contributed by atoms with van der Waals surface area (Å²) >= 11 is 1.53. The molecule has 8 heteroatoms. The highest BCUT2D eigenvalue weighted by Crippen LogP contribution is 2.15. The highest BCUT2D eigenvalue weighted by atomic mass is 32.1. The van der Waals surface area contributed by atoms with E-state index in [9.17, 15) is 14.4 Å². The van der Waals surface area contributed by atoms with Gasteiger partial charge >= 0.3 is 5.97 Å². The van der Waals surface area contributed by atoms with Gasteiger partial charge in [0.25, 0.3) is 11.5 Å². The van der Waals surface area contributed by atoms with Crippen molar-refractivity contribution >= 4 is 23.2 Å². The molecule has 26 heavy (non-hydrogen) atoms. The zero-order valence-corrected chi connectivity index (χ0v) is 15.4. The van der Waals surface area contributed by atoms with Crippen molar-refractivity contribution < 1.29 is 14.3 Å². The van der Waals surface area contributed by atoms with Gasteiger partial charge in [0, 0.05) is 17.0 Å². The Labute approximate surface area is 154 Å². The summed E-state index contributed by atoms with van der Waals surface area (Å²) in [4.78, 5) is 38.9. The molecule has 0 saturated heterocycles. The number of esters is 1. The summed E-state index contributed by atoms with van der Waals surface area (Å²) in [7, 11) is 0. The second kappa shape index (κ2) is 8.97. The van der Waals surface area contributed by atoms with Gasteiger partial charge in [-0.3, -0.25) is 14.4 Å². The molecule has 2 rings (SSSR count). The minimum atomic E-state index is -0.514. The third kappa shape index (κ3) is 5.04. The molecule has 0 bridgehead atoms. The lowest BCUT2D eigenvalue weighted by Gasteiger charge is -2.10. The van der Waals surface area contributed by atoms with Crippen LogP contribution in [0.1, 0.15) is 33.7 Å². The molecular formula is C18H19N3O4S. The highest BCUT2D eigenvalue weighted by molar-refractivity contribution is 7.09. The van der Waals surface area contributed by atoms with Gasteiger partial charge in [-0.05, 0) is 42.8 Å². The summed E-state index contributed by atoms with van der Waals surface area (Å²) in [5.74, 6) is -0.880. The third-order valence-corrected chi connectivity index (χ3v) is 4.78. The van der Waals surface area contributed by atoms with Crippen molar-refractivity contribution in [2.75, 3.05) is 6.61 Å². The summed E-state index contributed by atoms with van der Waals surface area (Å²) in [5, 5.41) is 13.6. The number of carbonyl (C=O) groups excluding carboxylic acids is 2. The van der Waals surface area contributed by atoms with E-state index in [1.807, 2.05) is 23.6 Å². The maximum atomic E-state index is 11.9. The molecule has 1 amide bonds. The Morgan fingerprint density at radius 3 is 2.81 bits per heavy atom. The first kappa shape index (κ1) is 19.4. The number of aromatic nitrogens is 1. The van der Waals surface area contributed by atoms with Gasteiger partial charge in [0.2, 0.25) is 0 Å². The number of aromatic amines is 1. The van der Waals surface area contributed by atoms with Crippen LogP contribution in [0.25, 0.3) is 0 Å². The van der Waals surface area contributed by atoms with Crippen LogP contribution in [-0.2, 0) is 27.3 Å². The van der Waals surface area contributed by atoms with E-state index >= 15 is 0 Å². The van der Waals surface area contributed by atoms with Gasteiger partial charge in [0.05, 0.1) is 6.54 Å². The molecule has 0 fully saturated rings. The van der Waals surface area contributed by atoms with Gasteiger partial charge in [-0.25, -0.2) is 0 Å². The molecule has 0 aromatic carbocycles. The standard InChI is InChI=1S/C18H19N3O4S/c1-11-14(12(2)21-18(24)15(11)8-19)5-6-17(23)25-10-16(22)20-9-13-4-3-7-26-13/h3-4,7H,5-6,9-10H2,1-2H3,(H,20,22)(H,21,24). The number of amides is 1. The van der Waals surface area contributed by atoms with E-state index in [0.717, 1.165) is 10.4 Å². The number of nitrogens with one attached hydrogen (secondary N) is 2. The molecule has 0 aliphatic rings. The van der Waals surface area contributed by atoms with Gasteiger partial charge in [-0.15, -0.1) is 11.3 Å². The minimum Gasteiger partial charge on any atom is -0.456 e. The van der Waals surface area contributed by atoms with Gasteiger partial charge in [0.1, 0.15) is 11.6 Å². The molecule has 2 aromatic heterocycles. The molecule has 0 radical (unpaired) electrons. The molecule has 0 spiro atoms. The molecule has 2 aromatic rings. The minimum absolute atomic E-state index is 0.0481. The summed E-state index contributed by atoms with van der Waals surface area (Å²) in [5.41, 5.74) is 1.53. The maximum absolute atomic E-state index is 11.9. The van der Waals surface area contributed by atoms with Crippen LogP contribution in [0.2, 0.25) is 0 Å². The largest absolute Gasteiger partial charge is 0.456 e. The lowest BCUT2D eigenvalue weighted by Crippen LogP contribution is -2.28. The number of hydrogen-bond donors (Lipinski definition) is 2. The average Bonchev–Trinajstić information content (AvgIpc) is 3.11. The van der Waals surface area contributed by atoms with Crippen molar-refractivity contribution in [3.05, 3.63) is 55.1 Å². The quantitative estimate of drug-likeness (QED) is 0.718. The second-order valence-corrected chi connectivity index (χ2v) is 6.72. The Bertz CT molecular complexity index is 894. The van der Waals surface area contributed by atoms with Crippen molar-refractivity contribution in [1.29, 1.82) is 5.26 Å². The normalized spacial score (nSPS) is 10.2. The van der Waals surface area contributed by atoms with Crippen LogP contribution in [0, 0.1) is 25.2 Å². The Morgan fingerprint density at radius 2 is 2.15 bits per heavy atom. The average molecular weight is 373 g/mol. The van der Waals surface area contributed by atoms with Gasteiger partial charge in [-0.2, -0.15) is 5.26 Å². The molecule has 136 valence electrons. The monoisotopic (exact) mass is 373 g/mol. The molecule has 2 N–H and O–H groups in total. The number of rotatable bonds is 7. The number of ether oxygens (including phenoxy) is 1. The highest BCUT2D eigenvalue weighted by Gasteiger charge is 2.14. The van der Waals surface area contributed by atoms with Gasteiger partial charge in [-0.1, -0.05) is 6.07 Å². The van der Waals surface area contributed by atoms with E-state index in [-0.39, 0.29) is 24.5 Å².